The van der Waals surface area contributed by atoms with Gasteiger partial charge >= 0.3 is 6.18 Å². The van der Waals surface area contributed by atoms with Crippen molar-refractivity contribution >= 4 is 0 Å². The first-order valence-electron chi connectivity index (χ1n) is 4.50. The van der Waals surface area contributed by atoms with Crippen LogP contribution in [0.3, 0.4) is 0 Å². The van der Waals surface area contributed by atoms with Gasteiger partial charge in [0.05, 0.1) is 5.69 Å². The van der Waals surface area contributed by atoms with Crippen LogP contribution in [0.1, 0.15) is 5.69 Å². The summed E-state index contributed by atoms with van der Waals surface area (Å²) in [5.74, 6) is 0. The second kappa shape index (κ2) is 3.62. The zero-order valence-corrected chi connectivity index (χ0v) is 8.36. The zero-order valence-electron chi connectivity index (χ0n) is 8.36. The molecule has 0 radical (unpaired) electrons. The van der Waals surface area contributed by atoms with Crippen LogP contribution in [-0.2, 0) is 13.2 Å². The van der Waals surface area contributed by atoms with E-state index in [1.807, 2.05) is 0 Å². The fraction of sp³-hybridized carbons (Fsp3) is 0.200. The Morgan fingerprint density at radius 2 is 1.81 bits per heavy atom. The monoisotopic (exact) mass is 227 g/mol. The molecule has 2 heterocycles. The van der Waals surface area contributed by atoms with E-state index in [-0.39, 0.29) is 0 Å². The van der Waals surface area contributed by atoms with Gasteiger partial charge in [-0.25, -0.2) is 0 Å². The Hall–Kier alpha value is -1.85. The van der Waals surface area contributed by atoms with Crippen molar-refractivity contribution in [3.05, 3.63) is 36.3 Å². The molecule has 2 aromatic rings. The molecular weight excluding hydrogens is 219 g/mol. The van der Waals surface area contributed by atoms with Crippen molar-refractivity contribution < 1.29 is 13.2 Å². The highest BCUT2D eigenvalue weighted by Gasteiger charge is 2.34. The van der Waals surface area contributed by atoms with Crippen molar-refractivity contribution in [3.63, 3.8) is 0 Å². The third kappa shape index (κ3) is 1.91. The van der Waals surface area contributed by atoms with E-state index in [0.29, 0.717) is 11.3 Å². The molecule has 0 spiro atoms. The lowest BCUT2D eigenvalue weighted by Gasteiger charge is -1.99. The van der Waals surface area contributed by atoms with Crippen LogP contribution in [0.4, 0.5) is 13.2 Å². The van der Waals surface area contributed by atoms with Crippen molar-refractivity contribution in [2.45, 2.75) is 6.18 Å². The van der Waals surface area contributed by atoms with Gasteiger partial charge in [-0.15, -0.1) is 0 Å². The number of nitrogens with zero attached hydrogens (tertiary/aromatic N) is 3. The van der Waals surface area contributed by atoms with Crippen LogP contribution >= 0.6 is 0 Å². The van der Waals surface area contributed by atoms with Gasteiger partial charge in [0.2, 0.25) is 0 Å². The minimum Gasteiger partial charge on any atom is -0.267 e. The van der Waals surface area contributed by atoms with Crippen molar-refractivity contribution in [1.29, 1.82) is 0 Å². The lowest BCUT2D eigenvalue weighted by Crippen LogP contribution is -2.06. The van der Waals surface area contributed by atoms with Crippen molar-refractivity contribution in [3.8, 4) is 11.3 Å². The van der Waals surface area contributed by atoms with Gasteiger partial charge in [-0.05, 0) is 18.2 Å². The second-order valence-corrected chi connectivity index (χ2v) is 3.27. The van der Waals surface area contributed by atoms with Crippen LogP contribution in [-0.4, -0.2) is 14.8 Å². The molecule has 2 aromatic heterocycles. The lowest BCUT2D eigenvalue weighted by molar-refractivity contribution is -0.141. The molecule has 0 atom stereocenters. The highest BCUT2D eigenvalue weighted by Crippen LogP contribution is 2.30. The summed E-state index contributed by atoms with van der Waals surface area (Å²) < 4.78 is 38.4. The van der Waals surface area contributed by atoms with Gasteiger partial charge in [-0.3, -0.25) is 9.67 Å². The first kappa shape index (κ1) is 10.7. The Morgan fingerprint density at radius 1 is 1.19 bits per heavy atom. The molecular formula is C10H8F3N3. The summed E-state index contributed by atoms with van der Waals surface area (Å²) in [4.78, 5) is 3.80. The Balaban J connectivity index is 2.48. The summed E-state index contributed by atoms with van der Waals surface area (Å²) in [6.07, 6.45) is -1.37. The van der Waals surface area contributed by atoms with Gasteiger partial charge in [0.25, 0.3) is 0 Å². The van der Waals surface area contributed by atoms with Crippen LogP contribution in [0.25, 0.3) is 11.3 Å². The molecule has 0 saturated heterocycles. The number of alkyl halides is 3. The largest absolute Gasteiger partial charge is 0.435 e. The van der Waals surface area contributed by atoms with Gasteiger partial charge in [-0.1, -0.05) is 0 Å². The van der Waals surface area contributed by atoms with E-state index in [9.17, 15) is 13.2 Å². The summed E-state index contributed by atoms with van der Waals surface area (Å²) >= 11 is 0. The average molecular weight is 227 g/mol. The molecule has 0 N–H and O–H groups in total. The maximum atomic E-state index is 12.4. The van der Waals surface area contributed by atoms with E-state index in [4.69, 9.17) is 0 Å². The van der Waals surface area contributed by atoms with E-state index >= 15 is 0 Å². The predicted molar refractivity (Wildman–Crippen MR) is 51.4 cm³/mol. The normalized spacial score (nSPS) is 11.8. The van der Waals surface area contributed by atoms with Crippen LogP contribution < -0.4 is 0 Å². The number of hydrogen-bond acceptors (Lipinski definition) is 2. The Labute approximate surface area is 89.5 Å². The third-order valence-corrected chi connectivity index (χ3v) is 2.15. The molecule has 0 bridgehead atoms. The highest BCUT2D eigenvalue weighted by atomic mass is 19.4. The topological polar surface area (TPSA) is 30.7 Å². The molecule has 16 heavy (non-hydrogen) atoms. The zero-order chi connectivity index (χ0) is 11.8. The van der Waals surface area contributed by atoms with Crippen LogP contribution in [0.2, 0.25) is 0 Å². The minimum atomic E-state index is -4.41. The molecule has 0 unspecified atom stereocenters. The Bertz CT molecular complexity index is 488. The predicted octanol–water partition coefficient (Wildman–Crippen LogP) is 2.50. The maximum Gasteiger partial charge on any atom is 0.435 e. The molecule has 0 aliphatic carbocycles. The fourth-order valence-corrected chi connectivity index (χ4v) is 1.40. The summed E-state index contributed by atoms with van der Waals surface area (Å²) in [7, 11) is 1.48. The molecule has 6 heteroatoms. The lowest BCUT2D eigenvalue weighted by atomic mass is 10.2. The van der Waals surface area contributed by atoms with Gasteiger partial charge < -0.3 is 0 Å². The van der Waals surface area contributed by atoms with Gasteiger partial charge in [0.1, 0.15) is 0 Å². The van der Waals surface area contributed by atoms with E-state index < -0.39 is 11.9 Å². The van der Waals surface area contributed by atoms with E-state index in [1.54, 1.807) is 12.1 Å². The highest BCUT2D eigenvalue weighted by molar-refractivity contribution is 5.59. The first-order chi connectivity index (χ1) is 7.48. The number of pyridine rings is 1. The molecule has 0 aliphatic heterocycles. The SMILES string of the molecule is Cn1nc(C(F)(F)F)cc1-c1ccncc1. The molecule has 2 rings (SSSR count). The molecule has 0 saturated carbocycles. The van der Waals surface area contributed by atoms with Crippen molar-refractivity contribution in [2.75, 3.05) is 0 Å². The molecule has 0 fully saturated rings. The van der Waals surface area contributed by atoms with E-state index in [0.717, 1.165) is 6.07 Å². The quantitative estimate of drug-likeness (QED) is 0.749. The summed E-state index contributed by atoms with van der Waals surface area (Å²) in [6, 6.07) is 4.30. The number of aromatic nitrogens is 3. The maximum absolute atomic E-state index is 12.4. The third-order valence-electron chi connectivity index (χ3n) is 2.15. The van der Waals surface area contributed by atoms with Crippen LogP contribution in [0.5, 0.6) is 0 Å². The molecule has 0 aromatic carbocycles. The standard InChI is InChI=1S/C10H8F3N3/c1-16-8(7-2-4-14-5-3-7)6-9(15-16)10(11,12)13/h2-6H,1H3. The Kier molecular flexibility index (Phi) is 2.41. The number of aryl methyl sites for hydroxylation is 1. The average Bonchev–Trinajstić information content (AvgIpc) is 2.61. The van der Waals surface area contributed by atoms with Crippen molar-refractivity contribution in [2.24, 2.45) is 7.05 Å². The summed E-state index contributed by atoms with van der Waals surface area (Å²) in [5.41, 5.74) is 0.178. The molecule has 0 aliphatic rings. The fourth-order valence-electron chi connectivity index (χ4n) is 1.40. The first-order valence-corrected chi connectivity index (χ1v) is 4.50. The molecule has 3 nitrogen and oxygen atoms in total. The van der Waals surface area contributed by atoms with Gasteiger partial charge in [-0.2, -0.15) is 18.3 Å². The van der Waals surface area contributed by atoms with Crippen LogP contribution in [0.15, 0.2) is 30.6 Å². The van der Waals surface area contributed by atoms with Crippen LogP contribution in [0, 0.1) is 0 Å². The summed E-state index contributed by atoms with van der Waals surface area (Å²) in [6.45, 7) is 0. The number of hydrogen-bond donors (Lipinski definition) is 0. The van der Waals surface area contributed by atoms with E-state index in [2.05, 4.69) is 10.1 Å². The second-order valence-electron chi connectivity index (χ2n) is 3.27. The van der Waals surface area contributed by atoms with Gasteiger partial charge in [0, 0.05) is 25.0 Å². The smallest absolute Gasteiger partial charge is 0.267 e. The molecule has 84 valence electrons. The van der Waals surface area contributed by atoms with E-state index in [1.165, 1.54) is 24.1 Å². The minimum absolute atomic E-state index is 0.412. The van der Waals surface area contributed by atoms with Crippen molar-refractivity contribution in [1.82, 2.24) is 14.8 Å². The number of rotatable bonds is 1. The summed E-state index contributed by atoms with van der Waals surface area (Å²) in [5, 5.41) is 3.43. The molecule has 0 amide bonds. The number of halogens is 3. The van der Waals surface area contributed by atoms with Gasteiger partial charge in [0.15, 0.2) is 5.69 Å². The Morgan fingerprint density at radius 3 is 2.31 bits per heavy atom.